The number of para-hydroxylation sites is 1. The van der Waals surface area contributed by atoms with Gasteiger partial charge in [0.05, 0.1) is 17.0 Å². The molecule has 2 N–H and O–H groups in total. The number of carbonyl (C=O) groups excluding carboxylic acids is 3. The minimum Gasteiger partial charge on any atom is -0.444 e. The van der Waals surface area contributed by atoms with Crippen LogP contribution in [0.15, 0.2) is 42.6 Å². The molecule has 0 bridgehead atoms. The van der Waals surface area contributed by atoms with Crippen molar-refractivity contribution in [2.24, 2.45) is 5.41 Å². The fourth-order valence-corrected chi connectivity index (χ4v) is 3.49. The summed E-state index contributed by atoms with van der Waals surface area (Å²) >= 11 is 0. The molecule has 0 aliphatic carbocycles. The summed E-state index contributed by atoms with van der Waals surface area (Å²) in [5.41, 5.74) is -0.533. The minimum atomic E-state index is -0.785. The van der Waals surface area contributed by atoms with Gasteiger partial charge in [0.25, 0.3) is 0 Å². The molecular formula is C27H39N3O5. The van der Waals surface area contributed by atoms with E-state index >= 15 is 0 Å². The van der Waals surface area contributed by atoms with Gasteiger partial charge < -0.3 is 20.1 Å². The topological polar surface area (TPSA) is 98.7 Å². The Morgan fingerprint density at radius 1 is 0.971 bits per heavy atom. The lowest BCUT2D eigenvalue weighted by atomic mass is 9.90. The largest absolute Gasteiger partial charge is 0.444 e. The van der Waals surface area contributed by atoms with Crippen molar-refractivity contribution in [3.8, 4) is 0 Å². The molecule has 1 unspecified atom stereocenters. The van der Waals surface area contributed by atoms with Crippen molar-refractivity contribution < 1.29 is 23.9 Å². The highest BCUT2D eigenvalue weighted by Crippen LogP contribution is 2.25. The first-order valence-corrected chi connectivity index (χ1v) is 11.8. The van der Waals surface area contributed by atoms with E-state index in [4.69, 9.17) is 9.47 Å². The summed E-state index contributed by atoms with van der Waals surface area (Å²) in [6.45, 7) is 14.4. The number of aromatic nitrogens is 1. The van der Waals surface area contributed by atoms with E-state index in [-0.39, 0.29) is 5.91 Å². The number of benzene rings is 1. The van der Waals surface area contributed by atoms with Crippen LogP contribution in [0.5, 0.6) is 0 Å². The number of rotatable bonds is 6. The average molecular weight is 486 g/mol. The molecule has 0 saturated carbocycles. The first-order valence-electron chi connectivity index (χ1n) is 11.8. The minimum absolute atomic E-state index is 0.147. The Kier molecular flexibility index (Phi) is 8.42. The van der Waals surface area contributed by atoms with Crippen LogP contribution >= 0.6 is 0 Å². The van der Waals surface area contributed by atoms with Crippen LogP contribution in [-0.2, 0) is 20.7 Å². The quantitative estimate of drug-likeness (QED) is 0.549. The van der Waals surface area contributed by atoms with Crippen LogP contribution in [0.25, 0.3) is 10.9 Å². The van der Waals surface area contributed by atoms with Crippen molar-refractivity contribution in [1.82, 2.24) is 15.2 Å². The maximum atomic E-state index is 12.9. The van der Waals surface area contributed by atoms with Gasteiger partial charge in [0.1, 0.15) is 11.2 Å². The molecule has 0 fully saturated rings. The SMILES string of the molecule is CNC(=O)C(C)(C)/C=C/C(Cc1cn(C(=O)OC(C)(C)C)c2ccccc12)NC(=O)OC(C)(C)C. The van der Waals surface area contributed by atoms with E-state index in [0.29, 0.717) is 11.9 Å². The van der Waals surface area contributed by atoms with Crippen molar-refractivity contribution in [1.29, 1.82) is 0 Å². The Labute approximate surface area is 208 Å². The highest BCUT2D eigenvalue weighted by molar-refractivity contribution is 5.92. The molecule has 2 amide bonds. The van der Waals surface area contributed by atoms with Crippen molar-refractivity contribution in [2.45, 2.75) is 79.1 Å². The van der Waals surface area contributed by atoms with Crippen LogP contribution in [0.1, 0.15) is 61.0 Å². The number of hydrogen-bond acceptors (Lipinski definition) is 5. The van der Waals surface area contributed by atoms with Crippen molar-refractivity contribution in [3.63, 3.8) is 0 Å². The molecule has 2 rings (SSSR count). The second-order valence-electron chi connectivity index (χ2n) is 11.1. The van der Waals surface area contributed by atoms with Crippen molar-refractivity contribution in [2.75, 3.05) is 7.05 Å². The summed E-state index contributed by atoms with van der Waals surface area (Å²) in [4.78, 5) is 37.7. The van der Waals surface area contributed by atoms with Crippen LogP contribution in [0, 0.1) is 5.41 Å². The third-order valence-corrected chi connectivity index (χ3v) is 5.08. The lowest BCUT2D eigenvalue weighted by Crippen LogP contribution is -2.40. The Morgan fingerprint density at radius 3 is 2.14 bits per heavy atom. The summed E-state index contributed by atoms with van der Waals surface area (Å²) in [5, 5.41) is 6.41. The Bertz CT molecular complexity index is 1100. The van der Waals surface area contributed by atoms with Gasteiger partial charge in [-0.3, -0.25) is 9.36 Å². The van der Waals surface area contributed by atoms with Gasteiger partial charge in [0.15, 0.2) is 0 Å². The standard InChI is InChI=1S/C27H39N3O5/c1-25(2,3)34-23(32)29-19(14-15-27(7,8)22(31)28-9)16-18-17-30(24(33)35-26(4,5)6)21-13-11-10-12-20(18)21/h10-15,17,19H,16H2,1-9H3,(H,28,31)(H,29,32)/b15-14+. The summed E-state index contributed by atoms with van der Waals surface area (Å²) in [7, 11) is 1.58. The van der Waals surface area contributed by atoms with E-state index in [2.05, 4.69) is 10.6 Å². The number of amides is 2. The number of nitrogens with one attached hydrogen (secondary N) is 2. The molecule has 1 heterocycles. The zero-order valence-electron chi connectivity index (χ0n) is 22.3. The van der Waals surface area contributed by atoms with Crippen LogP contribution in [-0.4, -0.2) is 47.0 Å². The summed E-state index contributed by atoms with van der Waals surface area (Å²) < 4.78 is 12.5. The normalized spacial score (nSPS) is 13.5. The van der Waals surface area contributed by atoms with Gasteiger partial charge in [-0.2, -0.15) is 0 Å². The molecule has 192 valence electrons. The fraction of sp³-hybridized carbons (Fsp3) is 0.519. The third kappa shape index (κ3) is 8.16. The van der Waals surface area contributed by atoms with Crippen LogP contribution in [0.2, 0.25) is 0 Å². The van der Waals surface area contributed by atoms with Gasteiger partial charge in [0.2, 0.25) is 5.91 Å². The molecule has 0 spiro atoms. The van der Waals surface area contributed by atoms with Gasteiger partial charge >= 0.3 is 12.2 Å². The molecule has 0 saturated heterocycles. The molecule has 0 radical (unpaired) electrons. The van der Waals surface area contributed by atoms with Gasteiger partial charge in [-0.05, 0) is 73.4 Å². The lowest BCUT2D eigenvalue weighted by Gasteiger charge is -2.23. The van der Waals surface area contributed by atoms with E-state index in [0.717, 1.165) is 10.9 Å². The predicted octanol–water partition coefficient (Wildman–Crippen LogP) is 5.19. The number of ether oxygens (including phenoxy) is 2. The van der Waals surface area contributed by atoms with Crippen LogP contribution in [0.4, 0.5) is 9.59 Å². The average Bonchev–Trinajstić information content (AvgIpc) is 3.07. The highest BCUT2D eigenvalue weighted by Gasteiger charge is 2.26. The number of carbonyl (C=O) groups is 3. The third-order valence-electron chi connectivity index (χ3n) is 5.08. The lowest BCUT2D eigenvalue weighted by molar-refractivity contribution is -0.126. The summed E-state index contributed by atoms with van der Waals surface area (Å²) in [5.74, 6) is -0.147. The molecule has 8 nitrogen and oxygen atoms in total. The number of alkyl carbamates (subject to hydrolysis) is 1. The van der Waals surface area contributed by atoms with Gasteiger partial charge in [0, 0.05) is 18.6 Å². The first-order chi connectivity index (χ1) is 16.0. The van der Waals surface area contributed by atoms with E-state index in [1.54, 1.807) is 60.0 Å². The smallest absolute Gasteiger partial charge is 0.419 e. The Balaban J connectivity index is 2.44. The monoisotopic (exact) mass is 485 g/mol. The van der Waals surface area contributed by atoms with E-state index in [9.17, 15) is 14.4 Å². The van der Waals surface area contributed by atoms with Crippen molar-refractivity contribution in [3.05, 3.63) is 48.2 Å². The zero-order valence-corrected chi connectivity index (χ0v) is 22.3. The number of fused-ring (bicyclic) bond motifs is 1. The maximum absolute atomic E-state index is 12.9. The number of nitrogens with zero attached hydrogens (tertiary/aromatic N) is 1. The van der Waals surface area contributed by atoms with Crippen molar-refractivity contribution >= 4 is 29.0 Å². The molecule has 0 aliphatic heterocycles. The van der Waals surface area contributed by atoms with Crippen LogP contribution < -0.4 is 10.6 Å². The van der Waals surface area contributed by atoms with E-state index < -0.39 is 34.8 Å². The molecule has 2 aromatic rings. The maximum Gasteiger partial charge on any atom is 0.419 e. The van der Waals surface area contributed by atoms with Gasteiger partial charge in [-0.25, -0.2) is 9.59 Å². The highest BCUT2D eigenvalue weighted by atomic mass is 16.6. The Hall–Kier alpha value is -3.29. The molecule has 0 aliphatic rings. The second-order valence-corrected chi connectivity index (χ2v) is 11.1. The predicted molar refractivity (Wildman–Crippen MR) is 137 cm³/mol. The van der Waals surface area contributed by atoms with Gasteiger partial charge in [-0.15, -0.1) is 0 Å². The Morgan fingerprint density at radius 2 is 1.57 bits per heavy atom. The molecule has 1 aromatic carbocycles. The first kappa shape index (κ1) is 28.0. The summed E-state index contributed by atoms with van der Waals surface area (Å²) in [6, 6.07) is 7.03. The van der Waals surface area contributed by atoms with E-state index in [1.807, 2.05) is 45.0 Å². The molecule has 35 heavy (non-hydrogen) atoms. The van der Waals surface area contributed by atoms with Gasteiger partial charge in [-0.1, -0.05) is 30.4 Å². The molecular weight excluding hydrogens is 446 g/mol. The van der Waals surface area contributed by atoms with Crippen LogP contribution in [0.3, 0.4) is 0 Å². The number of hydrogen-bond donors (Lipinski definition) is 2. The molecule has 1 aromatic heterocycles. The zero-order chi connectivity index (χ0) is 26.6. The second kappa shape index (κ2) is 10.5. The summed E-state index contributed by atoms with van der Waals surface area (Å²) in [6.07, 6.45) is 4.61. The molecule has 1 atom stereocenters. The van der Waals surface area contributed by atoms with E-state index in [1.165, 1.54) is 4.57 Å². The molecule has 8 heteroatoms. The fourth-order valence-electron chi connectivity index (χ4n) is 3.49.